The van der Waals surface area contributed by atoms with Gasteiger partial charge in [-0.05, 0) is 30.4 Å². The third kappa shape index (κ3) is 3.92. The summed E-state index contributed by atoms with van der Waals surface area (Å²) in [7, 11) is 0. The number of hydrogen-bond acceptors (Lipinski definition) is 5. The maximum Gasteiger partial charge on any atom is 0.311 e. The van der Waals surface area contributed by atoms with E-state index in [4.69, 9.17) is 10.5 Å². The predicted octanol–water partition coefficient (Wildman–Crippen LogP) is 0.958. The average molecular weight is 279 g/mol. The molecule has 0 aromatic heterocycles. The fourth-order valence-electron chi connectivity index (χ4n) is 1.73. The van der Waals surface area contributed by atoms with Crippen LogP contribution in [0.25, 0.3) is 0 Å². The number of benzene rings is 1. The summed E-state index contributed by atoms with van der Waals surface area (Å²) in [4.78, 5) is 21.9. The number of amides is 1. The standard InChI is InChI=1S/C13H17N3O4/c14-6-10-3-4-12(11(5-10)16(18)19)20-8-13(17)15-7-9-1-2-9/h3-5,9H,1-2,6-8,14H2,(H,15,17). The highest BCUT2D eigenvalue weighted by atomic mass is 16.6. The first-order chi connectivity index (χ1) is 9.60. The molecule has 1 aliphatic carbocycles. The van der Waals surface area contributed by atoms with Gasteiger partial charge in [0, 0.05) is 19.2 Å². The number of carbonyl (C=O) groups is 1. The highest BCUT2D eigenvalue weighted by Crippen LogP contribution is 2.28. The van der Waals surface area contributed by atoms with Gasteiger partial charge in [-0.3, -0.25) is 14.9 Å². The largest absolute Gasteiger partial charge is 0.477 e. The van der Waals surface area contributed by atoms with Gasteiger partial charge in [0.25, 0.3) is 5.91 Å². The molecular weight excluding hydrogens is 262 g/mol. The molecule has 1 amide bonds. The highest BCUT2D eigenvalue weighted by molar-refractivity contribution is 5.77. The average Bonchev–Trinajstić information content (AvgIpc) is 3.26. The Morgan fingerprint density at radius 2 is 2.25 bits per heavy atom. The zero-order valence-corrected chi connectivity index (χ0v) is 11.0. The molecule has 0 radical (unpaired) electrons. The summed E-state index contributed by atoms with van der Waals surface area (Å²) in [5.41, 5.74) is 5.90. The van der Waals surface area contributed by atoms with Crippen molar-refractivity contribution in [2.24, 2.45) is 11.7 Å². The topological polar surface area (TPSA) is 107 Å². The first-order valence-electron chi connectivity index (χ1n) is 6.47. The predicted molar refractivity (Wildman–Crippen MR) is 72.2 cm³/mol. The number of hydrogen-bond donors (Lipinski definition) is 2. The van der Waals surface area contributed by atoms with E-state index in [9.17, 15) is 14.9 Å². The van der Waals surface area contributed by atoms with Gasteiger partial charge in [0.05, 0.1) is 4.92 Å². The van der Waals surface area contributed by atoms with E-state index in [0.29, 0.717) is 18.0 Å². The van der Waals surface area contributed by atoms with Gasteiger partial charge >= 0.3 is 5.69 Å². The molecule has 1 fully saturated rings. The van der Waals surface area contributed by atoms with Crippen molar-refractivity contribution < 1.29 is 14.5 Å². The van der Waals surface area contributed by atoms with Crippen LogP contribution in [-0.4, -0.2) is 24.0 Å². The molecule has 1 aliphatic rings. The summed E-state index contributed by atoms with van der Waals surface area (Å²) in [5, 5.41) is 13.7. The van der Waals surface area contributed by atoms with Crippen LogP contribution in [0.5, 0.6) is 5.75 Å². The molecule has 0 heterocycles. The lowest BCUT2D eigenvalue weighted by Crippen LogP contribution is -2.30. The van der Waals surface area contributed by atoms with Crippen molar-refractivity contribution in [3.8, 4) is 5.75 Å². The normalized spacial score (nSPS) is 13.8. The quantitative estimate of drug-likeness (QED) is 0.571. The van der Waals surface area contributed by atoms with Gasteiger partial charge in [0.1, 0.15) is 0 Å². The van der Waals surface area contributed by atoms with Crippen LogP contribution in [0, 0.1) is 16.0 Å². The second-order valence-electron chi connectivity index (χ2n) is 4.80. The maximum absolute atomic E-state index is 11.5. The zero-order chi connectivity index (χ0) is 14.5. The van der Waals surface area contributed by atoms with Crippen molar-refractivity contribution in [3.05, 3.63) is 33.9 Å². The summed E-state index contributed by atoms with van der Waals surface area (Å²) < 4.78 is 5.22. The summed E-state index contributed by atoms with van der Waals surface area (Å²) in [6.07, 6.45) is 2.29. The third-order valence-corrected chi connectivity index (χ3v) is 3.10. The zero-order valence-electron chi connectivity index (χ0n) is 11.0. The number of nitro groups is 1. The van der Waals surface area contributed by atoms with Crippen LogP contribution < -0.4 is 15.8 Å². The number of nitro benzene ring substituents is 1. The second kappa shape index (κ2) is 6.33. The second-order valence-corrected chi connectivity index (χ2v) is 4.80. The van der Waals surface area contributed by atoms with Crippen molar-refractivity contribution in [2.75, 3.05) is 13.2 Å². The number of carbonyl (C=O) groups excluding carboxylic acids is 1. The van der Waals surface area contributed by atoms with Crippen LogP contribution in [-0.2, 0) is 11.3 Å². The molecule has 1 aromatic rings. The minimum Gasteiger partial charge on any atom is -0.477 e. The molecule has 0 bridgehead atoms. The van der Waals surface area contributed by atoms with Gasteiger partial charge in [-0.15, -0.1) is 0 Å². The third-order valence-electron chi connectivity index (χ3n) is 3.10. The Morgan fingerprint density at radius 3 is 2.85 bits per heavy atom. The molecule has 0 atom stereocenters. The van der Waals surface area contributed by atoms with Crippen molar-refractivity contribution in [1.29, 1.82) is 0 Å². The van der Waals surface area contributed by atoms with Gasteiger partial charge in [-0.1, -0.05) is 6.07 Å². The van der Waals surface area contributed by atoms with E-state index in [1.165, 1.54) is 12.1 Å². The summed E-state index contributed by atoms with van der Waals surface area (Å²) in [6, 6.07) is 4.47. The monoisotopic (exact) mass is 279 g/mol. The number of rotatable bonds is 7. The maximum atomic E-state index is 11.5. The van der Waals surface area contributed by atoms with Crippen LogP contribution >= 0.6 is 0 Å². The Balaban J connectivity index is 1.93. The first-order valence-corrected chi connectivity index (χ1v) is 6.47. The fraction of sp³-hybridized carbons (Fsp3) is 0.462. The van der Waals surface area contributed by atoms with Crippen molar-refractivity contribution in [3.63, 3.8) is 0 Å². The molecule has 7 nitrogen and oxygen atoms in total. The van der Waals surface area contributed by atoms with Crippen LogP contribution in [0.4, 0.5) is 5.69 Å². The molecule has 108 valence electrons. The summed E-state index contributed by atoms with van der Waals surface area (Å²) in [5.74, 6) is 0.389. The Hall–Kier alpha value is -2.15. The van der Waals surface area contributed by atoms with Crippen LogP contribution in [0.15, 0.2) is 18.2 Å². The lowest BCUT2D eigenvalue weighted by molar-refractivity contribution is -0.385. The van der Waals surface area contributed by atoms with Gasteiger partial charge in [0.15, 0.2) is 12.4 Å². The van der Waals surface area contributed by atoms with E-state index in [-0.39, 0.29) is 30.5 Å². The number of nitrogens with zero attached hydrogens (tertiary/aromatic N) is 1. The van der Waals surface area contributed by atoms with Crippen molar-refractivity contribution in [1.82, 2.24) is 5.32 Å². The molecule has 2 rings (SSSR count). The molecular formula is C13H17N3O4. The van der Waals surface area contributed by atoms with Crippen LogP contribution in [0.1, 0.15) is 18.4 Å². The van der Waals surface area contributed by atoms with E-state index in [2.05, 4.69) is 5.32 Å². The van der Waals surface area contributed by atoms with Crippen molar-refractivity contribution in [2.45, 2.75) is 19.4 Å². The SMILES string of the molecule is NCc1ccc(OCC(=O)NCC2CC2)c([N+](=O)[O-])c1. The minimum atomic E-state index is -0.545. The lowest BCUT2D eigenvalue weighted by Gasteiger charge is -2.08. The number of nitrogens with one attached hydrogen (secondary N) is 1. The Labute approximate surface area is 116 Å². The molecule has 3 N–H and O–H groups in total. The molecule has 0 spiro atoms. The molecule has 0 saturated heterocycles. The number of ether oxygens (including phenoxy) is 1. The van der Waals surface area contributed by atoms with E-state index < -0.39 is 4.92 Å². The molecule has 20 heavy (non-hydrogen) atoms. The highest BCUT2D eigenvalue weighted by Gasteiger charge is 2.22. The lowest BCUT2D eigenvalue weighted by atomic mass is 10.2. The first kappa shape index (κ1) is 14.3. The Bertz CT molecular complexity index is 514. The smallest absolute Gasteiger partial charge is 0.311 e. The molecule has 1 saturated carbocycles. The number of nitrogens with two attached hydrogens (primary N) is 1. The van der Waals surface area contributed by atoms with Gasteiger partial charge in [-0.2, -0.15) is 0 Å². The minimum absolute atomic E-state index is 0.0776. The van der Waals surface area contributed by atoms with Gasteiger partial charge in [-0.25, -0.2) is 0 Å². The van der Waals surface area contributed by atoms with E-state index >= 15 is 0 Å². The van der Waals surface area contributed by atoms with Crippen molar-refractivity contribution >= 4 is 11.6 Å². The molecule has 0 aliphatic heterocycles. The van der Waals surface area contributed by atoms with Gasteiger partial charge in [0.2, 0.25) is 0 Å². The van der Waals surface area contributed by atoms with Crippen LogP contribution in [0.2, 0.25) is 0 Å². The molecule has 1 aromatic carbocycles. The summed E-state index contributed by atoms with van der Waals surface area (Å²) in [6.45, 7) is 0.634. The Kier molecular flexibility index (Phi) is 4.52. The molecule has 7 heteroatoms. The van der Waals surface area contributed by atoms with Gasteiger partial charge < -0.3 is 15.8 Å². The van der Waals surface area contributed by atoms with E-state index in [1.54, 1.807) is 6.07 Å². The van der Waals surface area contributed by atoms with Crippen LogP contribution in [0.3, 0.4) is 0 Å². The molecule has 0 unspecified atom stereocenters. The van der Waals surface area contributed by atoms with E-state index in [0.717, 1.165) is 12.8 Å². The summed E-state index contributed by atoms with van der Waals surface area (Å²) >= 11 is 0. The van der Waals surface area contributed by atoms with E-state index in [1.807, 2.05) is 0 Å². The Morgan fingerprint density at radius 1 is 1.50 bits per heavy atom. The fourth-order valence-corrected chi connectivity index (χ4v) is 1.73.